The summed E-state index contributed by atoms with van der Waals surface area (Å²) in [6.07, 6.45) is 11.2. The molecular formula is C18H28N2O2S. The van der Waals surface area contributed by atoms with Crippen LogP contribution >= 0.6 is 11.8 Å². The van der Waals surface area contributed by atoms with E-state index in [1.807, 2.05) is 16.7 Å². The fourth-order valence-electron chi connectivity index (χ4n) is 5.20. The third-order valence-electron chi connectivity index (χ3n) is 6.42. The molecule has 5 heteroatoms. The van der Waals surface area contributed by atoms with Gasteiger partial charge in [-0.1, -0.05) is 25.7 Å². The summed E-state index contributed by atoms with van der Waals surface area (Å²) in [7, 11) is 0. The molecule has 2 aliphatic heterocycles. The Morgan fingerprint density at radius 2 is 1.70 bits per heavy atom. The first-order chi connectivity index (χ1) is 11.1. The first kappa shape index (κ1) is 15.8. The van der Waals surface area contributed by atoms with Crippen LogP contribution in [0.25, 0.3) is 0 Å². The highest BCUT2D eigenvalue weighted by Crippen LogP contribution is 2.48. The van der Waals surface area contributed by atoms with Gasteiger partial charge < -0.3 is 9.80 Å². The molecule has 2 saturated heterocycles. The van der Waals surface area contributed by atoms with Gasteiger partial charge in [-0.05, 0) is 39.0 Å². The van der Waals surface area contributed by atoms with Crippen molar-refractivity contribution in [2.24, 2.45) is 0 Å². The van der Waals surface area contributed by atoms with Gasteiger partial charge in [0.05, 0.1) is 4.87 Å². The molecule has 128 valence electrons. The lowest BCUT2D eigenvalue weighted by Crippen LogP contribution is -2.55. The van der Waals surface area contributed by atoms with Crippen LogP contribution in [0.2, 0.25) is 0 Å². The summed E-state index contributed by atoms with van der Waals surface area (Å²) in [4.78, 5) is 29.9. The van der Waals surface area contributed by atoms with Crippen molar-refractivity contribution in [2.45, 2.75) is 94.1 Å². The second kappa shape index (κ2) is 5.98. The van der Waals surface area contributed by atoms with Crippen LogP contribution < -0.4 is 0 Å². The second-order valence-electron chi connectivity index (χ2n) is 7.89. The van der Waals surface area contributed by atoms with Crippen molar-refractivity contribution in [3.05, 3.63) is 0 Å². The van der Waals surface area contributed by atoms with Gasteiger partial charge in [-0.25, -0.2) is 0 Å². The van der Waals surface area contributed by atoms with Crippen molar-refractivity contribution in [1.29, 1.82) is 0 Å². The lowest BCUT2D eigenvalue weighted by molar-refractivity contribution is -0.147. The number of rotatable bonds is 3. The standard InChI is InChI=1S/C18H28N2O2S/c1-18-11-10-16(21)20(18)15(12-23-18)17(22)19(13-6-2-3-7-13)14-8-4-5-9-14/h13-15H,2-12H2,1H3/t15-,18-/m0/s1. The summed E-state index contributed by atoms with van der Waals surface area (Å²) in [5.74, 6) is 1.24. The fraction of sp³-hybridized carbons (Fsp3) is 0.889. The molecule has 2 atom stereocenters. The van der Waals surface area contributed by atoms with E-state index in [0.717, 1.165) is 37.9 Å². The van der Waals surface area contributed by atoms with Crippen molar-refractivity contribution in [2.75, 3.05) is 5.75 Å². The zero-order valence-electron chi connectivity index (χ0n) is 14.1. The Morgan fingerprint density at radius 1 is 1.13 bits per heavy atom. The van der Waals surface area contributed by atoms with Crippen molar-refractivity contribution < 1.29 is 9.59 Å². The first-order valence-corrected chi connectivity index (χ1v) is 10.4. The largest absolute Gasteiger partial charge is 0.335 e. The molecule has 0 aromatic rings. The summed E-state index contributed by atoms with van der Waals surface area (Å²) < 4.78 is 0. The molecular weight excluding hydrogens is 308 g/mol. The molecule has 2 heterocycles. The Hall–Kier alpha value is -0.710. The first-order valence-electron chi connectivity index (χ1n) is 9.38. The molecule has 2 aliphatic carbocycles. The van der Waals surface area contributed by atoms with E-state index in [1.54, 1.807) is 0 Å². The number of amides is 2. The second-order valence-corrected chi connectivity index (χ2v) is 9.39. The number of carbonyl (C=O) groups is 2. The molecule has 0 bridgehead atoms. The molecule has 0 aromatic heterocycles. The predicted octanol–water partition coefficient (Wildman–Crippen LogP) is 3.15. The Kier molecular flexibility index (Phi) is 4.11. The average molecular weight is 337 g/mol. The van der Waals surface area contributed by atoms with Crippen LogP contribution in [0, 0.1) is 0 Å². The zero-order chi connectivity index (χ0) is 16.0. The van der Waals surface area contributed by atoms with Crippen molar-refractivity contribution in [3.63, 3.8) is 0 Å². The Bertz CT molecular complexity index is 483. The SMILES string of the molecule is C[C@]12CCC(=O)N1[C@H](C(=O)N(C1CCCC1)C1CCCC1)CS2. The van der Waals surface area contributed by atoms with Gasteiger partial charge in [0.25, 0.3) is 0 Å². The molecule has 4 nitrogen and oxygen atoms in total. The molecule has 2 amide bonds. The van der Waals surface area contributed by atoms with Crippen LogP contribution in [0.1, 0.15) is 71.1 Å². The van der Waals surface area contributed by atoms with E-state index in [-0.39, 0.29) is 22.7 Å². The molecule has 4 rings (SSSR count). The molecule has 0 unspecified atom stereocenters. The summed E-state index contributed by atoms with van der Waals surface area (Å²) in [6, 6.07) is 0.654. The fourth-order valence-corrected chi connectivity index (χ4v) is 6.62. The van der Waals surface area contributed by atoms with E-state index in [2.05, 4.69) is 11.8 Å². The summed E-state index contributed by atoms with van der Waals surface area (Å²) in [5, 5.41) is 0. The molecule has 0 N–H and O–H groups in total. The molecule has 0 spiro atoms. The van der Waals surface area contributed by atoms with Gasteiger partial charge in [-0.15, -0.1) is 11.8 Å². The monoisotopic (exact) mass is 336 g/mol. The maximum atomic E-state index is 13.5. The predicted molar refractivity (Wildman–Crippen MR) is 92.1 cm³/mol. The minimum atomic E-state index is -0.207. The zero-order valence-corrected chi connectivity index (χ0v) is 14.9. The molecule has 2 saturated carbocycles. The molecule has 23 heavy (non-hydrogen) atoms. The van der Waals surface area contributed by atoms with Crippen LogP contribution in [0.4, 0.5) is 0 Å². The van der Waals surface area contributed by atoms with E-state index < -0.39 is 0 Å². The maximum absolute atomic E-state index is 13.5. The van der Waals surface area contributed by atoms with Gasteiger partial charge in [0.1, 0.15) is 6.04 Å². The van der Waals surface area contributed by atoms with E-state index >= 15 is 0 Å². The highest BCUT2D eigenvalue weighted by Gasteiger charge is 2.54. The number of nitrogens with zero attached hydrogens (tertiary/aromatic N) is 2. The van der Waals surface area contributed by atoms with Crippen LogP contribution in [0.3, 0.4) is 0 Å². The van der Waals surface area contributed by atoms with Gasteiger partial charge in [0, 0.05) is 24.3 Å². The number of hydrogen-bond acceptors (Lipinski definition) is 3. The number of hydrogen-bond donors (Lipinski definition) is 0. The molecule has 0 radical (unpaired) electrons. The van der Waals surface area contributed by atoms with Crippen LogP contribution in [0.5, 0.6) is 0 Å². The minimum absolute atomic E-state index is 0.131. The summed E-state index contributed by atoms with van der Waals surface area (Å²) in [5.41, 5.74) is 0. The average Bonchev–Trinajstić information content (AvgIpc) is 3.27. The Morgan fingerprint density at radius 3 is 2.26 bits per heavy atom. The number of fused-ring (bicyclic) bond motifs is 1. The summed E-state index contributed by atoms with van der Waals surface area (Å²) >= 11 is 1.82. The van der Waals surface area contributed by atoms with Gasteiger partial charge in [-0.2, -0.15) is 0 Å². The normalized spacial score (nSPS) is 35.3. The van der Waals surface area contributed by atoms with Gasteiger partial charge in [0.2, 0.25) is 11.8 Å². The van der Waals surface area contributed by atoms with E-state index in [0.29, 0.717) is 18.5 Å². The van der Waals surface area contributed by atoms with E-state index in [1.165, 1.54) is 25.7 Å². The third kappa shape index (κ3) is 2.59. The van der Waals surface area contributed by atoms with Gasteiger partial charge >= 0.3 is 0 Å². The van der Waals surface area contributed by atoms with E-state index in [9.17, 15) is 9.59 Å². The highest BCUT2D eigenvalue weighted by molar-refractivity contribution is 8.01. The Labute approximate surface area is 143 Å². The molecule has 4 fully saturated rings. The van der Waals surface area contributed by atoms with Crippen LogP contribution in [-0.2, 0) is 9.59 Å². The smallest absolute Gasteiger partial charge is 0.246 e. The quantitative estimate of drug-likeness (QED) is 0.795. The number of carbonyl (C=O) groups excluding carboxylic acids is 2. The van der Waals surface area contributed by atoms with Gasteiger partial charge in [-0.3, -0.25) is 9.59 Å². The maximum Gasteiger partial charge on any atom is 0.246 e. The van der Waals surface area contributed by atoms with Crippen LogP contribution in [-0.4, -0.2) is 50.4 Å². The summed E-state index contributed by atoms with van der Waals surface area (Å²) in [6.45, 7) is 2.14. The topological polar surface area (TPSA) is 40.6 Å². The third-order valence-corrected chi connectivity index (χ3v) is 7.93. The molecule has 0 aromatic carbocycles. The molecule has 4 aliphatic rings. The Balaban J connectivity index is 1.58. The highest BCUT2D eigenvalue weighted by atomic mass is 32.2. The van der Waals surface area contributed by atoms with Gasteiger partial charge in [0.15, 0.2) is 0 Å². The number of thioether (sulfide) groups is 1. The lowest BCUT2D eigenvalue weighted by Gasteiger charge is -2.39. The van der Waals surface area contributed by atoms with Crippen molar-refractivity contribution >= 4 is 23.6 Å². The van der Waals surface area contributed by atoms with Crippen LogP contribution in [0.15, 0.2) is 0 Å². The minimum Gasteiger partial charge on any atom is -0.335 e. The van der Waals surface area contributed by atoms with E-state index in [4.69, 9.17) is 0 Å². The van der Waals surface area contributed by atoms with Crippen molar-refractivity contribution in [1.82, 2.24) is 9.80 Å². The lowest BCUT2D eigenvalue weighted by atomic mass is 10.1. The van der Waals surface area contributed by atoms with Crippen molar-refractivity contribution in [3.8, 4) is 0 Å².